The van der Waals surface area contributed by atoms with Gasteiger partial charge in [-0.3, -0.25) is 4.79 Å². The fourth-order valence-corrected chi connectivity index (χ4v) is 1.54. The maximum Gasteiger partial charge on any atom is 0.246 e. The van der Waals surface area contributed by atoms with E-state index in [0.717, 1.165) is 4.90 Å². The molecule has 0 radical (unpaired) electrons. The number of aliphatic hydroxyl groups is 1. The van der Waals surface area contributed by atoms with Crippen molar-refractivity contribution in [3.63, 3.8) is 0 Å². The van der Waals surface area contributed by atoms with E-state index in [1.807, 2.05) is 0 Å². The predicted octanol–water partition coefficient (Wildman–Crippen LogP) is 0.871. The number of likely N-dealkylation sites (N-methyl/N-ethyl adjacent to an activating group) is 1. The molecule has 1 aromatic rings. The van der Waals surface area contributed by atoms with Gasteiger partial charge in [0.15, 0.2) is 0 Å². The van der Waals surface area contributed by atoms with E-state index in [1.165, 1.54) is 25.2 Å². The molecule has 16 heavy (non-hydrogen) atoms. The van der Waals surface area contributed by atoms with Crippen LogP contribution >= 0.6 is 15.9 Å². The van der Waals surface area contributed by atoms with Gasteiger partial charge < -0.3 is 15.7 Å². The molecule has 1 amide bonds. The first-order valence-electron chi connectivity index (χ1n) is 4.56. The van der Waals surface area contributed by atoms with Crippen LogP contribution in [0.5, 0.6) is 0 Å². The fourth-order valence-electron chi connectivity index (χ4n) is 1.19. The molecule has 0 aliphatic rings. The molecular weight excluding hydrogens is 279 g/mol. The van der Waals surface area contributed by atoms with Crippen LogP contribution in [0.4, 0.5) is 10.1 Å². The van der Waals surface area contributed by atoms with Crippen molar-refractivity contribution in [1.82, 2.24) is 0 Å². The van der Waals surface area contributed by atoms with Gasteiger partial charge in [0, 0.05) is 11.5 Å². The highest BCUT2D eigenvalue weighted by Gasteiger charge is 2.20. The van der Waals surface area contributed by atoms with Crippen molar-refractivity contribution in [1.29, 1.82) is 0 Å². The molecule has 0 bridgehead atoms. The highest BCUT2D eigenvalue weighted by Crippen LogP contribution is 2.23. The highest BCUT2D eigenvalue weighted by molar-refractivity contribution is 9.10. The lowest BCUT2D eigenvalue weighted by Crippen LogP contribution is -2.44. The zero-order chi connectivity index (χ0) is 12.3. The van der Waals surface area contributed by atoms with Gasteiger partial charge in [-0.15, -0.1) is 0 Å². The molecule has 1 aromatic carbocycles. The van der Waals surface area contributed by atoms with Gasteiger partial charge in [-0.2, -0.15) is 0 Å². The number of aliphatic hydroxyl groups excluding tert-OH is 1. The van der Waals surface area contributed by atoms with Gasteiger partial charge in [-0.1, -0.05) is 15.9 Å². The molecule has 0 aromatic heterocycles. The minimum atomic E-state index is -1.04. The second-order valence-electron chi connectivity index (χ2n) is 3.28. The molecule has 3 N–H and O–H groups in total. The van der Waals surface area contributed by atoms with Crippen molar-refractivity contribution in [2.75, 3.05) is 18.6 Å². The van der Waals surface area contributed by atoms with E-state index in [1.54, 1.807) is 0 Å². The van der Waals surface area contributed by atoms with Gasteiger partial charge in [0.2, 0.25) is 5.91 Å². The number of anilines is 1. The van der Waals surface area contributed by atoms with Crippen molar-refractivity contribution < 1.29 is 14.3 Å². The first-order chi connectivity index (χ1) is 7.47. The first kappa shape index (κ1) is 13.1. The summed E-state index contributed by atoms with van der Waals surface area (Å²) in [5.74, 6) is -1.07. The summed E-state index contributed by atoms with van der Waals surface area (Å²) in [6.45, 7) is -0.473. The summed E-state index contributed by atoms with van der Waals surface area (Å²) in [6, 6.07) is 3.21. The van der Waals surface area contributed by atoms with E-state index in [2.05, 4.69) is 15.9 Å². The van der Waals surface area contributed by atoms with Gasteiger partial charge in [-0.05, 0) is 18.2 Å². The number of nitrogens with zero attached hydrogens (tertiary/aromatic N) is 1. The van der Waals surface area contributed by atoms with Gasteiger partial charge in [0.25, 0.3) is 0 Å². The van der Waals surface area contributed by atoms with E-state index in [0.29, 0.717) is 4.47 Å². The van der Waals surface area contributed by atoms with Crippen LogP contribution in [0.1, 0.15) is 0 Å². The van der Waals surface area contributed by atoms with Gasteiger partial charge in [0.05, 0.1) is 12.3 Å². The molecule has 1 atom stereocenters. The average Bonchev–Trinajstić information content (AvgIpc) is 2.29. The number of amides is 1. The Morgan fingerprint density at radius 2 is 2.31 bits per heavy atom. The third-order valence-corrected chi connectivity index (χ3v) is 2.61. The summed E-state index contributed by atoms with van der Waals surface area (Å²) in [7, 11) is 1.41. The Labute approximate surface area is 101 Å². The van der Waals surface area contributed by atoms with E-state index < -0.39 is 24.4 Å². The third kappa shape index (κ3) is 2.78. The van der Waals surface area contributed by atoms with Crippen LogP contribution in [0.2, 0.25) is 0 Å². The lowest BCUT2D eigenvalue weighted by atomic mass is 10.2. The van der Waals surface area contributed by atoms with Crippen LogP contribution in [-0.2, 0) is 4.79 Å². The van der Waals surface area contributed by atoms with Crippen molar-refractivity contribution in [2.24, 2.45) is 5.73 Å². The fraction of sp³-hybridized carbons (Fsp3) is 0.300. The van der Waals surface area contributed by atoms with Gasteiger partial charge in [0.1, 0.15) is 11.9 Å². The van der Waals surface area contributed by atoms with Crippen LogP contribution in [0.3, 0.4) is 0 Å². The molecule has 4 nitrogen and oxygen atoms in total. The number of carbonyl (C=O) groups excluding carboxylic acids is 1. The minimum Gasteiger partial charge on any atom is -0.394 e. The van der Waals surface area contributed by atoms with Crippen molar-refractivity contribution in [3.05, 3.63) is 28.5 Å². The number of benzene rings is 1. The Hall–Kier alpha value is -0.980. The number of rotatable bonds is 3. The zero-order valence-electron chi connectivity index (χ0n) is 8.65. The predicted molar refractivity (Wildman–Crippen MR) is 62.6 cm³/mol. The Balaban J connectivity index is 3.00. The molecule has 0 saturated heterocycles. The third-order valence-electron chi connectivity index (χ3n) is 2.11. The summed E-state index contributed by atoms with van der Waals surface area (Å²) < 4.78 is 14.1. The van der Waals surface area contributed by atoms with Gasteiger partial charge >= 0.3 is 0 Å². The van der Waals surface area contributed by atoms with E-state index in [-0.39, 0.29) is 5.69 Å². The van der Waals surface area contributed by atoms with Crippen LogP contribution in [0, 0.1) is 5.82 Å². The van der Waals surface area contributed by atoms with Crippen LogP contribution < -0.4 is 10.6 Å². The number of hydrogen-bond acceptors (Lipinski definition) is 3. The van der Waals surface area contributed by atoms with Crippen LogP contribution in [-0.4, -0.2) is 30.7 Å². The largest absolute Gasteiger partial charge is 0.394 e. The zero-order valence-corrected chi connectivity index (χ0v) is 10.2. The van der Waals surface area contributed by atoms with E-state index in [9.17, 15) is 9.18 Å². The molecule has 6 heteroatoms. The molecule has 0 aliphatic carbocycles. The molecule has 0 unspecified atom stereocenters. The maximum atomic E-state index is 13.4. The monoisotopic (exact) mass is 290 g/mol. The van der Waals surface area contributed by atoms with Crippen molar-refractivity contribution >= 4 is 27.5 Å². The summed E-state index contributed by atoms with van der Waals surface area (Å²) in [6.07, 6.45) is 0. The Morgan fingerprint density at radius 1 is 1.69 bits per heavy atom. The van der Waals surface area contributed by atoms with Gasteiger partial charge in [-0.25, -0.2) is 4.39 Å². The summed E-state index contributed by atoms with van der Waals surface area (Å²) in [5, 5.41) is 8.75. The lowest BCUT2D eigenvalue weighted by molar-refractivity contribution is -0.120. The Morgan fingerprint density at radius 3 is 2.88 bits per heavy atom. The SMILES string of the molecule is CN(C(=O)[C@@H](N)CO)c1cc(Br)ccc1F. The molecular formula is C10H12BrFN2O2. The average molecular weight is 291 g/mol. The quantitative estimate of drug-likeness (QED) is 0.868. The maximum absolute atomic E-state index is 13.4. The van der Waals surface area contributed by atoms with Crippen LogP contribution in [0.25, 0.3) is 0 Å². The molecule has 0 aliphatic heterocycles. The Bertz CT molecular complexity index is 400. The molecule has 0 fully saturated rings. The number of hydrogen-bond donors (Lipinski definition) is 2. The van der Waals surface area contributed by atoms with Crippen LogP contribution in [0.15, 0.2) is 22.7 Å². The molecule has 1 rings (SSSR count). The van der Waals surface area contributed by atoms with Crippen molar-refractivity contribution in [3.8, 4) is 0 Å². The molecule has 0 heterocycles. The lowest BCUT2D eigenvalue weighted by Gasteiger charge is -2.21. The summed E-state index contributed by atoms with van der Waals surface area (Å²) in [4.78, 5) is 12.7. The van der Waals surface area contributed by atoms with Crippen molar-refractivity contribution in [2.45, 2.75) is 6.04 Å². The summed E-state index contributed by atoms with van der Waals surface area (Å²) >= 11 is 3.18. The van der Waals surface area contributed by atoms with E-state index >= 15 is 0 Å². The second kappa shape index (κ2) is 5.38. The number of halogens is 2. The molecule has 0 spiro atoms. The standard InChI is InChI=1S/C10H12BrFN2O2/c1-14(10(16)8(13)5-15)9-4-6(11)2-3-7(9)12/h2-4,8,15H,5,13H2,1H3/t8-/m0/s1. The highest BCUT2D eigenvalue weighted by atomic mass is 79.9. The minimum absolute atomic E-state index is 0.114. The number of carbonyl (C=O) groups is 1. The topological polar surface area (TPSA) is 66.6 Å². The number of nitrogens with two attached hydrogens (primary N) is 1. The van der Waals surface area contributed by atoms with E-state index in [4.69, 9.17) is 10.8 Å². The normalized spacial score (nSPS) is 12.3. The smallest absolute Gasteiger partial charge is 0.246 e. The Kier molecular flexibility index (Phi) is 4.40. The second-order valence-corrected chi connectivity index (χ2v) is 4.20. The molecule has 88 valence electrons. The first-order valence-corrected chi connectivity index (χ1v) is 5.35. The molecule has 0 saturated carbocycles. The summed E-state index contributed by atoms with van der Waals surface area (Å²) in [5.41, 5.74) is 5.48.